The highest BCUT2D eigenvalue weighted by Gasteiger charge is 2.07. The van der Waals surface area contributed by atoms with E-state index in [2.05, 4.69) is 15.5 Å². The first kappa shape index (κ1) is 14.4. The van der Waals surface area contributed by atoms with Gasteiger partial charge in [0.25, 0.3) is 0 Å². The van der Waals surface area contributed by atoms with Crippen LogP contribution in [0, 0.1) is 6.92 Å². The van der Waals surface area contributed by atoms with Gasteiger partial charge in [0.05, 0.1) is 6.61 Å². The standard InChI is InChI=1S/C13H16ClN3OS/c1-9-3-4-10(7-11(9)14)13-17-16-12(19-13)8-15-5-6-18-2/h3-4,7,15H,5-6,8H2,1-2H3. The Balaban J connectivity index is 2.01. The fourth-order valence-electron chi connectivity index (χ4n) is 1.54. The molecule has 0 aliphatic rings. The van der Waals surface area contributed by atoms with Crippen LogP contribution >= 0.6 is 22.9 Å². The largest absolute Gasteiger partial charge is 0.383 e. The molecule has 0 amide bonds. The van der Waals surface area contributed by atoms with Crippen LogP contribution in [0.25, 0.3) is 10.6 Å². The van der Waals surface area contributed by atoms with Crippen molar-refractivity contribution in [3.63, 3.8) is 0 Å². The topological polar surface area (TPSA) is 47.0 Å². The molecule has 0 atom stereocenters. The highest BCUT2D eigenvalue weighted by molar-refractivity contribution is 7.14. The van der Waals surface area contributed by atoms with Gasteiger partial charge < -0.3 is 10.1 Å². The predicted octanol–water partition coefficient (Wildman–Crippen LogP) is 2.90. The van der Waals surface area contributed by atoms with Crippen molar-refractivity contribution >= 4 is 22.9 Å². The maximum atomic E-state index is 6.12. The van der Waals surface area contributed by atoms with Crippen molar-refractivity contribution in [1.82, 2.24) is 15.5 Å². The summed E-state index contributed by atoms with van der Waals surface area (Å²) >= 11 is 7.69. The average molecular weight is 298 g/mol. The van der Waals surface area contributed by atoms with Crippen molar-refractivity contribution in [2.75, 3.05) is 20.3 Å². The molecule has 0 fully saturated rings. The molecule has 0 saturated carbocycles. The summed E-state index contributed by atoms with van der Waals surface area (Å²) in [6.07, 6.45) is 0. The fraction of sp³-hybridized carbons (Fsp3) is 0.385. The molecule has 1 aromatic carbocycles. The van der Waals surface area contributed by atoms with E-state index in [1.807, 2.05) is 25.1 Å². The number of benzene rings is 1. The first-order chi connectivity index (χ1) is 9.20. The van der Waals surface area contributed by atoms with E-state index >= 15 is 0 Å². The van der Waals surface area contributed by atoms with Crippen molar-refractivity contribution in [2.24, 2.45) is 0 Å². The van der Waals surface area contributed by atoms with E-state index < -0.39 is 0 Å². The summed E-state index contributed by atoms with van der Waals surface area (Å²) < 4.78 is 4.97. The quantitative estimate of drug-likeness (QED) is 0.833. The van der Waals surface area contributed by atoms with Crippen LogP contribution in [-0.4, -0.2) is 30.5 Å². The number of aryl methyl sites for hydroxylation is 1. The summed E-state index contributed by atoms with van der Waals surface area (Å²) in [6.45, 7) is 4.19. The van der Waals surface area contributed by atoms with Crippen molar-refractivity contribution in [2.45, 2.75) is 13.5 Å². The van der Waals surface area contributed by atoms with Crippen LogP contribution in [0.15, 0.2) is 18.2 Å². The highest BCUT2D eigenvalue weighted by Crippen LogP contribution is 2.27. The van der Waals surface area contributed by atoms with Crippen LogP contribution in [-0.2, 0) is 11.3 Å². The number of nitrogens with one attached hydrogen (secondary N) is 1. The third-order valence-electron chi connectivity index (χ3n) is 2.64. The van der Waals surface area contributed by atoms with E-state index in [1.54, 1.807) is 18.4 Å². The Morgan fingerprint density at radius 2 is 2.21 bits per heavy atom. The van der Waals surface area contributed by atoms with Gasteiger partial charge in [-0.15, -0.1) is 10.2 Å². The number of hydrogen-bond acceptors (Lipinski definition) is 5. The molecule has 2 rings (SSSR count). The molecule has 1 N–H and O–H groups in total. The number of ether oxygens (including phenoxy) is 1. The average Bonchev–Trinajstić information content (AvgIpc) is 2.87. The predicted molar refractivity (Wildman–Crippen MR) is 78.7 cm³/mol. The lowest BCUT2D eigenvalue weighted by atomic mass is 10.2. The number of hydrogen-bond donors (Lipinski definition) is 1. The molecule has 0 unspecified atom stereocenters. The second kappa shape index (κ2) is 6.96. The Bertz CT molecular complexity index is 544. The molecule has 6 heteroatoms. The molecule has 102 valence electrons. The number of methoxy groups -OCH3 is 1. The summed E-state index contributed by atoms with van der Waals surface area (Å²) in [4.78, 5) is 0. The Kier molecular flexibility index (Phi) is 5.27. The molecule has 2 aromatic rings. The van der Waals surface area contributed by atoms with E-state index in [1.165, 1.54) is 0 Å². The normalized spacial score (nSPS) is 10.9. The van der Waals surface area contributed by atoms with Crippen molar-refractivity contribution in [3.8, 4) is 10.6 Å². The van der Waals surface area contributed by atoms with Gasteiger partial charge >= 0.3 is 0 Å². The molecule has 1 heterocycles. The summed E-state index contributed by atoms with van der Waals surface area (Å²) in [5.41, 5.74) is 2.08. The lowest BCUT2D eigenvalue weighted by Gasteiger charge is -2.00. The Hall–Kier alpha value is -1.01. The Morgan fingerprint density at radius 1 is 1.37 bits per heavy atom. The minimum absolute atomic E-state index is 0.694. The van der Waals surface area contributed by atoms with Gasteiger partial charge in [0.2, 0.25) is 0 Å². The molecular formula is C13H16ClN3OS. The first-order valence-corrected chi connectivity index (χ1v) is 7.18. The SMILES string of the molecule is COCCNCc1nnc(-c2ccc(C)c(Cl)c2)s1. The molecular weight excluding hydrogens is 282 g/mol. The molecule has 1 aromatic heterocycles. The van der Waals surface area contributed by atoms with Gasteiger partial charge in [-0.2, -0.15) is 0 Å². The zero-order valence-electron chi connectivity index (χ0n) is 10.9. The Labute approximate surface area is 121 Å². The smallest absolute Gasteiger partial charge is 0.147 e. The second-order valence-corrected chi connectivity index (χ2v) is 5.60. The monoisotopic (exact) mass is 297 g/mol. The summed E-state index contributed by atoms with van der Waals surface area (Å²) in [6, 6.07) is 5.94. The van der Waals surface area contributed by atoms with Crippen LogP contribution in [0.1, 0.15) is 10.6 Å². The summed E-state index contributed by atoms with van der Waals surface area (Å²) in [5, 5.41) is 14.2. The lowest BCUT2D eigenvalue weighted by Crippen LogP contribution is -2.18. The van der Waals surface area contributed by atoms with E-state index in [0.717, 1.165) is 32.7 Å². The minimum atomic E-state index is 0.694. The van der Waals surface area contributed by atoms with E-state index in [0.29, 0.717) is 13.2 Å². The van der Waals surface area contributed by atoms with Crippen molar-refractivity contribution in [1.29, 1.82) is 0 Å². The number of rotatable bonds is 6. The molecule has 0 bridgehead atoms. The van der Waals surface area contributed by atoms with E-state index in [4.69, 9.17) is 16.3 Å². The van der Waals surface area contributed by atoms with Gasteiger partial charge in [0, 0.05) is 30.8 Å². The van der Waals surface area contributed by atoms with Crippen molar-refractivity contribution < 1.29 is 4.74 Å². The zero-order chi connectivity index (χ0) is 13.7. The maximum Gasteiger partial charge on any atom is 0.147 e. The number of aromatic nitrogens is 2. The third kappa shape index (κ3) is 3.98. The number of halogens is 1. The molecule has 0 aliphatic carbocycles. The third-order valence-corrected chi connectivity index (χ3v) is 4.02. The van der Waals surface area contributed by atoms with Crippen LogP contribution in [0.2, 0.25) is 5.02 Å². The maximum absolute atomic E-state index is 6.12. The van der Waals surface area contributed by atoms with Gasteiger partial charge in [-0.25, -0.2) is 0 Å². The zero-order valence-corrected chi connectivity index (χ0v) is 12.5. The lowest BCUT2D eigenvalue weighted by molar-refractivity contribution is 0.199. The molecule has 19 heavy (non-hydrogen) atoms. The Morgan fingerprint density at radius 3 is 2.95 bits per heavy atom. The van der Waals surface area contributed by atoms with Crippen LogP contribution in [0.3, 0.4) is 0 Å². The fourth-order valence-corrected chi connectivity index (χ4v) is 2.52. The molecule has 0 aliphatic heterocycles. The minimum Gasteiger partial charge on any atom is -0.383 e. The molecule has 0 saturated heterocycles. The first-order valence-electron chi connectivity index (χ1n) is 5.99. The molecule has 0 spiro atoms. The van der Waals surface area contributed by atoms with Crippen LogP contribution in [0.4, 0.5) is 0 Å². The summed E-state index contributed by atoms with van der Waals surface area (Å²) in [5.74, 6) is 0. The number of nitrogens with zero attached hydrogens (tertiary/aromatic N) is 2. The molecule has 4 nitrogen and oxygen atoms in total. The van der Waals surface area contributed by atoms with Gasteiger partial charge in [-0.3, -0.25) is 0 Å². The summed E-state index contributed by atoms with van der Waals surface area (Å²) in [7, 11) is 1.69. The van der Waals surface area contributed by atoms with Gasteiger partial charge in [0.15, 0.2) is 0 Å². The molecule has 0 radical (unpaired) electrons. The van der Waals surface area contributed by atoms with Crippen LogP contribution < -0.4 is 5.32 Å². The van der Waals surface area contributed by atoms with E-state index in [9.17, 15) is 0 Å². The highest BCUT2D eigenvalue weighted by atomic mass is 35.5. The van der Waals surface area contributed by atoms with Crippen molar-refractivity contribution in [3.05, 3.63) is 33.8 Å². The van der Waals surface area contributed by atoms with Crippen LogP contribution in [0.5, 0.6) is 0 Å². The second-order valence-electron chi connectivity index (χ2n) is 4.13. The van der Waals surface area contributed by atoms with E-state index in [-0.39, 0.29) is 0 Å². The van der Waals surface area contributed by atoms with Gasteiger partial charge in [-0.1, -0.05) is 35.1 Å². The van der Waals surface area contributed by atoms with Gasteiger partial charge in [0.1, 0.15) is 10.0 Å². The van der Waals surface area contributed by atoms with Gasteiger partial charge in [-0.05, 0) is 18.6 Å².